The van der Waals surface area contributed by atoms with E-state index < -0.39 is 5.72 Å². The van der Waals surface area contributed by atoms with Crippen molar-refractivity contribution in [1.29, 1.82) is 0 Å². The molecule has 0 saturated heterocycles. The molecule has 0 aromatic heterocycles. The zero-order chi connectivity index (χ0) is 15.9. The number of thioether (sulfide) groups is 1. The molecule has 0 fully saturated rings. The van der Waals surface area contributed by atoms with E-state index in [1.54, 1.807) is 23.9 Å². The average molecular weight is 327 g/mol. The van der Waals surface area contributed by atoms with Crippen molar-refractivity contribution in [3.8, 4) is 5.75 Å². The van der Waals surface area contributed by atoms with Gasteiger partial charge >= 0.3 is 5.17 Å². The highest BCUT2D eigenvalue weighted by Gasteiger charge is 2.53. The summed E-state index contributed by atoms with van der Waals surface area (Å²) >= 11 is 1.78. The van der Waals surface area contributed by atoms with Crippen LogP contribution in [0.1, 0.15) is 12.0 Å². The van der Waals surface area contributed by atoms with E-state index in [1.807, 2.05) is 42.5 Å². The van der Waals surface area contributed by atoms with Gasteiger partial charge in [0.2, 0.25) is 0 Å². The molecule has 4 rings (SSSR count). The van der Waals surface area contributed by atoms with Crippen LogP contribution in [0.2, 0.25) is 0 Å². The Balaban J connectivity index is 1.79. The van der Waals surface area contributed by atoms with Crippen molar-refractivity contribution in [3.63, 3.8) is 0 Å². The fourth-order valence-corrected chi connectivity index (χ4v) is 4.47. The summed E-state index contributed by atoms with van der Waals surface area (Å²) in [4.78, 5) is 2.15. The normalized spacial score (nSPS) is 24.0. The van der Waals surface area contributed by atoms with Gasteiger partial charge < -0.3 is 10.2 Å². The van der Waals surface area contributed by atoms with Gasteiger partial charge in [0.05, 0.1) is 6.54 Å². The monoisotopic (exact) mass is 327 g/mol. The summed E-state index contributed by atoms with van der Waals surface area (Å²) < 4.78 is 2.11. The van der Waals surface area contributed by atoms with Gasteiger partial charge in [-0.05, 0) is 42.4 Å². The summed E-state index contributed by atoms with van der Waals surface area (Å²) in [5.41, 5.74) is 0.896. The molecule has 2 aromatic carbocycles. The molecule has 5 heteroatoms. The van der Waals surface area contributed by atoms with E-state index in [0.29, 0.717) is 6.54 Å². The number of amidine groups is 1. The molecule has 2 aliphatic rings. The highest BCUT2D eigenvalue weighted by Crippen LogP contribution is 2.37. The lowest BCUT2D eigenvalue weighted by Crippen LogP contribution is -2.41. The van der Waals surface area contributed by atoms with Crippen LogP contribution in [0, 0.1) is 0 Å². The van der Waals surface area contributed by atoms with Gasteiger partial charge in [0, 0.05) is 11.3 Å². The molecule has 2 heterocycles. The predicted octanol–water partition coefficient (Wildman–Crippen LogP) is 2.56. The third kappa shape index (κ3) is 2.40. The molecule has 0 radical (unpaired) electrons. The average Bonchev–Trinajstić information content (AvgIpc) is 2.91. The summed E-state index contributed by atoms with van der Waals surface area (Å²) in [6.45, 7) is 1.34. The summed E-state index contributed by atoms with van der Waals surface area (Å²) in [6, 6.07) is 17.0. The van der Waals surface area contributed by atoms with Crippen LogP contribution < -0.4 is 4.90 Å². The molecule has 23 heavy (non-hydrogen) atoms. The summed E-state index contributed by atoms with van der Waals surface area (Å²) in [5, 5.41) is 22.1. The van der Waals surface area contributed by atoms with Crippen LogP contribution >= 0.6 is 11.8 Å². The van der Waals surface area contributed by atoms with Gasteiger partial charge in [-0.15, -0.1) is 0 Å². The van der Waals surface area contributed by atoms with Gasteiger partial charge in [-0.1, -0.05) is 30.3 Å². The quantitative estimate of drug-likeness (QED) is 0.832. The SMILES string of the molecule is Oc1ccc(N2CC(O)(c3ccccc3)[N+]3=C2SCCC3)cc1. The smallest absolute Gasteiger partial charge is 0.316 e. The van der Waals surface area contributed by atoms with Crippen LogP contribution in [-0.2, 0) is 5.72 Å². The summed E-state index contributed by atoms with van der Waals surface area (Å²) in [6.07, 6.45) is 1.06. The maximum absolute atomic E-state index is 11.4. The minimum atomic E-state index is -1.01. The second kappa shape index (κ2) is 5.58. The van der Waals surface area contributed by atoms with E-state index >= 15 is 0 Å². The Bertz CT molecular complexity index is 745. The van der Waals surface area contributed by atoms with Crippen molar-refractivity contribution < 1.29 is 14.8 Å². The van der Waals surface area contributed by atoms with Crippen LogP contribution in [0.15, 0.2) is 54.6 Å². The molecule has 4 nitrogen and oxygen atoms in total. The van der Waals surface area contributed by atoms with Crippen LogP contribution in [0.3, 0.4) is 0 Å². The number of phenolic OH excluding ortho intramolecular Hbond substituents is 1. The van der Waals surface area contributed by atoms with Gasteiger partial charge in [0.25, 0.3) is 5.72 Å². The Kier molecular flexibility index (Phi) is 3.54. The molecule has 118 valence electrons. The second-order valence-corrected chi connectivity index (χ2v) is 6.98. The predicted molar refractivity (Wildman–Crippen MR) is 93.0 cm³/mol. The number of aliphatic hydroxyl groups is 1. The molecule has 0 aliphatic carbocycles. The number of hydrogen-bond acceptors (Lipinski definition) is 4. The molecule has 1 unspecified atom stereocenters. The van der Waals surface area contributed by atoms with E-state index in [-0.39, 0.29) is 5.75 Å². The van der Waals surface area contributed by atoms with E-state index in [9.17, 15) is 10.2 Å². The number of rotatable bonds is 2. The number of hydrogen-bond donors (Lipinski definition) is 2. The van der Waals surface area contributed by atoms with Crippen molar-refractivity contribution in [2.24, 2.45) is 0 Å². The Morgan fingerprint density at radius 2 is 1.78 bits per heavy atom. The third-order valence-electron chi connectivity index (χ3n) is 4.44. The number of benzene rings is 2. The minimum absolute atomic E-state index is 0.254. The first-order chi connectivity index (χ1) is 11.2. The Hall–Kier alpha value is -1.98. The van der Waals surface area contributed by atoms with Crippen LogP contribution in [0.4, 0.5) is 5.69 Å². The van der Waals surface area contributed by atoms with Gasteiger partial charge in [0.15, 0.2) is 6.54 Å². The van der Waals surface area contributed by atoms with Crippen molar-refractivity contribution in [2.45, 2.75) is 12.1 Å². The first-order valence-corrected chi connectivity index (χ1v) is 8.79. The van der Waals surface area contributed by atoms with E-state index in [2.05, 4.69) is 9.48 Å². The van der Waals surface area contributed by atoms with Crippen LogP contribution in [0.25, 0.3) is 0 Å². The molecule has 0 saturated carbocycles. The number of β-amino-alcohol motifs (C(OH)–C–C–N with tert-alkyl or cyclic N) is 1. The summed E-state index contributed by atoms with van der Waals surface area (Å²) in [7, 11) is 0. The largest absolute Gasteiger partial charge is 0.508 e. The molecule has 0 spiro atoms. The number of aromatic hydroxyl groups is 1. The zero-order valence-corrected chi connectivity index (χ0v) is 13.5. The first kappa shape index (κ1) is 14.6. The number of phenols is 1. The lowest BCUT2D eigenvalue weighted by Gasteiger charge is -2.24. The van der Waals surface area contributed by atoms with E-state index in [4.69, 9.17) is 0 Å². The standard InChI is InChI=1S/C18H18N2O2S/c21-16-9-7-15(8-10-16)19-13-18(22,14-5-2-1-3-6-14)20-11-4-12-23-17(19)20/h1-3,5-10,22H,4,11-13H2/p+1. The molecule has 2 aromatic rings. The fraction of sp³-hybridized carbons (Fsp3) is 0.278. The molecule has 0 amide bonds. The third-order valence-corrected chi connectivity index (χ3v) is 5.63. The minimum Gasteiger partial charge on any atom is -0.508 e. The van der Waals surface area contributed by atoms with Gasteiger partial charge in [-0.2, -0.15) is 0 Å². The zero-order valence-electron chi connectivity index (χ0n) is 12.7. The first-order valence-electron chi connectivity index (χ1n) is 7.80. The Labute approximate surface area is 139 Å². The molecule has 1 atom stereocenters. The van der Waals surface area contributed by atoms with Crippen LogP contribution in [-0.4, -0.2) is 38.8 Å². The lowest BCUT2D eigenvalue weighted by atomic mass is 10.0. The Morgan fingerprint density at radius 1 is 1.04 bits per heavy atom. The second-order valence-electron chi connectivity index (χ2n) is 5.92. The molecule has 0 bridgehead atoms. The van der Waals surface area contributed by atoms with Gasteiger partial charge in [-0.3, -0.25) is 0 Å². The summed E-state index contributed by atoms with van der Waals surface area (Å²) in [5.74, 6) is 1.31. The van der Waals surface area contributed by atoms with Crippen molar-refractivity contribution in [2.75, 3.05) is 23.7 Å². The highest BCUT2D eigenvalue weighted by molar-refractivity contribution is 8.13. The van der Waals surface area contributed by atoms with E-state index in [1.165, 1.54) is 0 Å². The fourth-order valence-electron chi connectivity index (χ4n) is 3.29. The van der Waals surface area contributed by atoms with E-state index in [0.717, 1.165) is 35.1 Å². The van der Waals surface area contributed by atoms with Crippen molar-refractivity contribution >= 4 is 22.6 Å². The topological polar surface area (TPSA) is 46.7 Å². The molecule has 2 N–H and O–H groups in total. The number of anilines is 1. The molecular weight excluding hydrogens is 308 g/mol. The number of nitrogens with zero attached hydrogens (tertiary/aromatic N) is 2. The highest BCUT2D eigenvalue weighted by atomic mass is 32.2. The van der Waals surface area contributed by atoms with Crippen molar-refractivity contribution in [3.05, 3.63) is 60.2 Å². The van der Waals surface area contributed by atoms with Crippen LogP contribution in [0.5, 0.6) is 5.75 Å². The van der Waals surface area contributed by atoms with Gasteiger partial charge in [-0.25, -0.2) is 9.48 Å². The lowest BCUT2D eigenvalue weighted by molar-refractivity contribution is -0.656. The molecule has 2 aliphatic heterocycles. The van der Waals surface area contributed by atoms with Gasteiger partial charge in [0.1, 0.15) is 11.4 Å². The van der Waals surface area contributed by atoms with Crippen molar-refractivity contribution in [1.82, 2.24) is 0 Å². The molecular formula is C18H19N2O2S+. The maximum Gasteiger partial charge on any atom is 0.316 e. The maximum atomic E-state index is 11.4. The Morgan fingerprint density at radius 3 is 2.52 bits per heavy atom.